The molecule has 1 amide bonds. The number of aliphatic carboxylic acids is 1. The van der Waals surface area contributed by atoms with Gasteiger partial charge < -0.3 is 14.7 Å². The van der Waals surface area contributed by atoms with Gasteiger partial charge in [-0.3, -0.25) is 9.59 Å². The highest BCUT2D eigenvalue weighted by Crippen LogP contribution is 2.23. The third-order valence-corrected chi connectivity index (χ3v) is 3.61. The Kier molecular flexibility index (Phi) is 4.84. The first-order valence-corrected chi connectivity index (χ1v) is 6.83. The van der Waals surface area contributed by atoms with Crippen molar-refractivity contribution in [2.45, 2.75) is 12.8 Å². The molecule has 5 nitrogen and oxygen atoms in total. The molecule has 1 heterocycles. The number of carbonyl (C=O) groups is 2. The zero-order chi connectivity index (χ0) is 14.5. The molecule has 20 heavy (non-hydrogen) atoms. The summed E-state index contributed by atoms with van der Waals surface area (Å²) >= 11 is 5.94. The summed E-state index contributed by atoms with van der Waals surface area (Å²) in [6.45, 7) is 1.03. The second-order valence-corrected chi connectivity index (χ2v) is 5.10. The van der Waals surface area contributed by atoms with Crippen LogP contribution in [0.5, 0.6) is 5.75 Å². The number of hydrogen-bond donors (Lipinski definition) is 1. The number of carboxylic acids is 1. The Balaban J connectivity index is 1.76. The Labute approximate surface area is 122 Å². The molecule has 0 bridgehead atoms. The lowest BCUT2D eigenvalue weighted by molar-refractivity contribution is -0.141. The minimum Gasteiger partial charge on any atom is -0.491 e. The number of halogens is 1. The van der Waals surface area contributed by atoms with Crippen molar-refractivity contribution in [3.05, 3.63) is 29.3 Å². The van der Waals surface area contributed by atoms with Crippen molar-refractivity contribution in [1.82, 2.24) is 4.90 Å². The van der Waals surface area contributed by atoms with Crippen molar-refractivity contribution in [2.75, 3.05) is 19.7 Å². The SMILES string of the molecule is O=C(O)C1CCN(C(=O)CCOc2ccccc2Cl)C1. The van der Waals surface area contributed by atoms with E-state index < -0.39 is 11.9 Å². The maximum Gasteiger partial charge on any atom is 0.308 e. The van der Waals surface area contributed by atoms with Crippen LogP contribution in [0, 0.1) is 5.92 Å². The van der Waals surface area contributed by atoms with Crippen molar-refractivity contribution in [3.8, 4) is 5.75 Å². The van der Waals surface area contributed by atoms with E-state index in [4.69, 9.17) is 21.4 Å². The quantitative estimate of drug-likeness (QED) is 0.903. The number of benzene rings is 1. The minimum absolute atomic E-state index is 0.0826. The summed E-state index contributed by atoms with van der Waals surface area (Å²) < 4.78 is 5.45. The Morgan fingerprint density at radius 2 is 2.15 bits per heavy atom. The number of rotatable bonds is 5. The van der Waals surface area contributed by atoms with Crippen LogP contribution in [0.1, 0.15) is 12.8 Å². The van der Waals surface area contributed by atoms with E-state index in [0.29, 0.717) is 30.3 Å². The van der Waals surface area contributed by atoms with Gasteiger partial charge in [-0.1, -0.05) is 23.7 Å². The molecule has 1 aromatic carbocycles. The molecular weight excluding hydrogens is 282 g/mol. The van der Waals surface area contributed by atoms with Crippen LogP contribution in [-0.4, -0.2) is 41.6 Å². The molecule has 1 unspecified atom stereocenters. The molecule has 1 aliphatic heterocycles. The molecule has 0 radical (unpaired) electrons. The zero-order valence-electron chi connectivity index (χ0n) is 10.9. The molecule has 0 spiro atoms. The van der Waals surface area contributed by atoms with Gasteiger partial charge in [-0.25, -0.2) is 0 Å². The third-order valence-electron chi connectivity index (χ3n) is 3.30. The van der Waals surface area contributed by atoms with E-state index in [1.165, 1.54) is 0 Å². The van der Waals surface area contributed by atoms with Gasteiger partial charge in [-0.2, -0.15) is 0 Å². The predicted molar refractivity (Wildman–Crippen MR) is 73.9 cm³/mol. The predicted octanol–water partition coefficient (Wildman–Crippen LogP) is 2.04. The average molecular weight is 298 g/mol. The zero-order valence-corrected chi connectivity index (χ0v) is 11.7. The number of likely N-dealkylation sites (tertiary alicyclic amines) is 1. The van der Waals surface area contributed by atoms with E-state index in [2.05, 4.69) is 0 Å². The fraction of sp³-hybridized carbons (Fsp3) is 0.429. The number of para-hydroxylation sites is 1. The van der Waals surface area contributed by atoms with Gasteiger partial charge in [0.15, 0.2) is 0 Å². The highest BCUT2D eigenvalue weighted by atomic mass is 35.5. The summed E-state index contributed by atoms with van der Waals surface area (Å²) in [4.78, 5) is 24.3. The smallest absolute Gasteiger partial charge is 0.308 e. The van der Waals surface area contributed by atoms with Crippen LogP contribution in [0.2, 0.25) is 5.02 Å². The lowest BCUT2D eigenvalue weighted by Crippen LogP contribution is -2.30. The summed E-state index contributed by atoms with van der Waals surface area (Å²) in [5, 5.41) is 9.40. The van der Waals surface area contributed by atoms with E-state index in [0.717, 1.165) is 0 Å². The highest BCUT2D eigenvalue weighted by molar-refractivity contribution is 6.32. The molecule has 1 saturated heterocycles. The van der Waals surface area contributed by atoms with Crippen molar-refractivity contribution in [1.29, 1.82) is 0 Å². The largest absolute Gasteiger partial charge is 0.491 e. The van der Waals surface area contributed by atoms with Crippen LogP contribution in [0.25, 0.3) is 0 Å². The Hall–Kier alpha value is -1.75. The van der Waals surface area contributed by atoms with E-state index in [9.17, 15) is 9.59 Å². The fourth-order valence-electron chi connectivity index (χ4n) is 2.16. The summed E-state index contributed by atoms with van der Waals surface area (Å²) in [6, 6.07) is 7.07. The van der Waals surface area contributed by atoms with Crippen LogP contribution in [0.15, 0.2) is 24.3 Å². The summed E-state index contributed by atoms with van der Waals surface area (Å²) in [6.07, 6.45) is 0.740. The Morgan fingerprint density at radius 3 is 2.80 bits per heavy atom. The van der Waals surface area contributed by atoms with E-state index in [1.807, 2.05) is 0 Å². The number of carboxylic acid groups (broad SMARTS) is 1. The van der Waals surface area contributed by atoms with Gasteiger partial charge in [0.2, 0.25) is 5.91 Å². The number of nitrogens with zero attached hydrogens (tertiary/aromatic N) is 1. The van der Waals surface area contributed by atoms with Crippen LogP contribution in [-0.2, 0) is 9.59 Å². The van der Waals surface area contributed by atoms with E-state index >= 15 is 0 Å². The second kappa shape index (κ2) is 6.61. The standard InChI is InChI=1S/C14H16ClNO4/c15-11-3-1-2-4-12(11)20-8-6-13(17)16-7-5-10(9-16)14(18)19/h1-4,10H,5-9H2,(H,18,19). The van der Waals surface area contributed by atoms with Gasteiger partial charge in [0, 0.05) is 13.1 Å². The summed E-state index contributed by atoms with van der Waals surface area (Å²) in [5.41, 5.74) is 0. The van der Waals surface area contributed by atoms with Crippen LogP contribution < -0.4 is 4.74 Å². The average Bonchev–Trinajstić information content (AvgIpc) is 2.91. The van der Waals surface area contributed by atoms with Crippen molar-refractivity contribution in [3.63, 3.8) is 0 Å². The molecule has 6 heteroatoms. The van der Waals surface area contributed by atoms with Crippen molar-refractivity contribution >= 4 is 23.5 Å². The highest BCUT2D eigenvalue weighted by Gasteiger charge is 2.30. The molecule has 1 atom stereocenters. The monoisotopic (exact) mass is 297 g/mol. The van der Waals surface area contributed by atoms with E-state index in [-0.39, 0.29) is 18.9 Å². The fourth-order valence-corrected chi connectivity index (χ4v) is 2.35. The normalized spacial score (nSPS) is 18.1. The lowest BCUT2D eigenvalue weighted by Gasteiger charge is -2.16. The van der Waals surface area contributed by atoms with Gasteiger partial charge in [0.05, 0.1) is 24.0 Å². The van der Waals surface area contributed by atoms with Crippen LogP contribution >= 0.6 is 11.6 Å². The van der Waals surface area contributed by atoms with E-state index in [1.54, 1.807) is 29.2 Å². The van der Waals surface area contributed by atoms with Gasteiger partial charge in [0.25, 0.3) is 0 Å². The van der Waals surface area contributed by atoms with Crippen molar-refractivity contribution < 1.29 is 19.4 Å². The molecule has 1 N–H and O–H groups in total. The van der Waals surface area contributed by atoms with Gasteiger partial charge in [0.1, 0.15) is 5.75 Å². The summed E-state index contributed by atoms with van der Waals surface area (Å²) in [5.74, 6) is -0.816. The van der Waals surface area contributed by atoms with Gasteiger partial charge in [-0.05, 0) is 18.6 Å². The first-order valence-electron chi connectivity index (χ1n) is 6.46. The third kappa shape index (κ3) is 3.63. The first-order chi connectivity index (χ1) is 9.58. The maximum atomic E-state index is 11.9. The molecule has 1 aliphatic rings. The summed E-state index contributed by atoms with van der Waals surface area (Å²) in [7, 11) is 0. The van der Waals surface area contributed by atoms with Gasteiger partial charge in [-0.15, -0.1) is 0 Å². The number of hydrogen-bond acceptors (Lipinski definition) is 3. The molecule has 1 aromatic rings. The molecule has 0 aliphatic carbocycles. The molecule has 108 valence electrons. The number of amides is 1. The van der Waals surface area contributed by atoms with Crippen molar-refractivity contribution in [2.24, 2.45) is 5.92 Å². The molecule has 0 saturated carbocycles. The topological polar surface area (TPSA) is 66.8 Å². The Morgan fingerprint density at radius 1 is 1.40 bits per heavy atom. The molecule has 2 rings (SSSR count). The molecule has 1 fully saturated rings. The second-order valence-electron chi connectivity index (χ2n) is 4.69. The Bertz CT molecular complexity index is 506. The molecular formula is C14H16ClNO4. The molecule has 0 aromatic heterocycles. The number of carbonyl (C=O) groups excluding carboxylic acids is 1. The number of ether oxygens (including phenoxy) is 1. The minimum atomic E-state index is -0.840. The van der Waals surface area contributed by atoms with Gasteiger partial charge >= 0.3 is 5.97 Å². The van der Waals surface area contributed by atoms with Crippen LogP contribution in [0.4, 0.5) is 0 Å². The first kappa shape index (κ1) is 14.7. The van der Waals surface area contributed by atoms with Crippen LogP contribution in [0.3, 0.4) is 0 Å². The maximum absolute atomic E-state index is 11.9. The lowest BCUT2D eigenvalue weighted by atomic mass is 10.1.